The lowest BCUT2D eigenvalue weighted by atomic mass is 10.2. The Kier molecular flexibility index (Phi) is 4.14. The van der Waals surface area contributed by atoms with Gasteiger partial charge in [0.15, 0.2) is 0 Å². The van der Waals surface area contributed by atoms with Gasteiger partial charge in [-0.25, -0.2) is 0 Å². The quantitative estimate of drug-likeness (QED) is 0.809. The van der Waals surface area contributed by atoms with Crippen molar-refractivity contribution in [2.24, 2.45) is 0 Å². The number of hydrogen-bond donors (Lipinski definition) is 2. The normalized spacial score (nSPS) is 16.2. The number of amides is 1. The van der Waals surface area contributed by atoms with Crippen molar-refractivity contribution in [1.29, 1.82) is 0 Å². The van der Waals surface area contributed by atoms with Crippen LogP contribution in [0.3, 0.4) is 0 Å². The minimum absolute atomic E-state index is 0.102. The van der Waals surface area contributed by atoms with Gasteiger partial charge in [-0.2, -0.15) is 0 Å². The fraction of sp³-hybridized carbons (Fsp3) is 0.500. The first kappa shape index (κ1) is 13.5. The van der Waals surface area contributed by atoms with Gasteiger partial charge in [0, 0.05) is 49.6 Å². The Hall–Kier alpha value is -1.91. The van der Waals surface area contributed by atoms with E-state index in [4.69, 9.17) is 10.5 Å². The third kappa shape index (κ3) is 3.77. The van der Waals surface area contributed by atoms with E-state index in [-0.39, 0.29) is 12.0 Å². The zero-order chi connectivity index (χ0) is 13.8. The molecule has 1 aromatic carbocycles. The number of carbonyl (C=O) groups is 1. The number of benzene rings is 1. The second-order valence-corrected chi connectivity index (χ2v) is 5.01. The zero-order valence-electron chi connectivity index (χ0n) is 11.5. The molecule has 5 nitrogen and oxygen atoms in total. The summed E-state index contributed by atoms with van der Waals surface area (Å²) in [6, 6.07) is 5.72. The summed E-state index contributed by atoms with van der Waals surface area (Å²) in [6.45, 7) is 6.12. The minimum atomic E-state index is 0.102. The summed E-state index contributed by atoms with van der Waals surface area (Å²) in [5, 5.41) is 2.86. The molecule has 104 valence electrons. The molecule has 0 unspecified atom stereocenters. The van der Waals surface area contributed by atoms with Crippen molar-refractivity contribution < 1.29 is 9.53 Å². The molecule has 0 aliphatic carbocycles. The number of hydrogen-bond acceptors (Lipinski definition) is 4. The van der Waals surface area contributed by atoms with Crippen LogP contribution in [0.1, 0.15) is 20.3 Å². The molecule has 1 fully saturated rings. The third-order valence-corrected chi connectivity index (χ3v) is 2.96. The Morgan fingerprint density at radius 1 is 1.32 bits per heavy atom. The molecule has 0 saturated carbocycles. The Bertz CT molecular complexity index is 460. The summed E-state index contributed by atoms with van der Waals surface area (Å²) in [5.74, 6) is 0.874. The van der Waals surface area contributed by atoms with E-state index in [1.165, 1.54) is 0 Å². The molecule has 0 aromatic heterocycles. The monoisotopic (exact) mass is 263 g/mol. The molecule has 0 atom stereocenters. The Morgan fingerprint density at radius 2 is 2.11 bits per heavy atom. The van der Waals surface area contributed by atoms with Gasteiger partial charge in [-0.3, -0.25) is 4.79 Å². The Labute approximate surface area is 113 Å². The first-order chi connectivity index (χ1) is 9.04. The fourth-order valence-corrected chi connectivity index (χ4v) is 2.15. The molecule has 19 heavy (non-hydrogen) atoms. The van der Waals surface area contributed by atoms with Crippen molar-refractivity contribution >= 4 is 17.3 Å². The summed E-state index contributed by atoms with van der Waals surface area (Å²) >= 11 is 0. The number of nitrogens with one attached hydrogen (secondary N) is 1. The molecule has 1 amide bonds. The van der Waals surface area contributed by atoms with Crippen molar-refractivity contribution in [2.75, 3.05) is 30.3 Å². The predicted octanol–water partition coefficient (Wildman–Crippen LogP) is 1.38. The molecule has 1 saturated heterocycles. The van der Waals surface area contributed by atoms with E-state index in [9.17, 15) is 4.79 Å². The van der Waals surface area contributed by atoms with Gasteiger partial charge in [-0.1, -0.05) is 0 Å². The van der Waals surface area contributed by atoms with Crippen molar-refractivity contribution in [2.45, 2.75) is 26.4 Å². The van der Waals surface area contributed by atoms with Gasteiger partial charge < -0.3 is 20.7 Å². The summed E-state index contributed by atoms with van der Waals surface area (Å²) in [7, 11) is 0. The van der Waals surface area contributed by atoms with Crippen LogP contribution in [0.4, 0.5) is 11.4 Å². The van der Waals surface area contributed by atoms with Gasteiger partial charge in [0.2, 0.25) is 5.91 Å². The molecular formula is C14H21N3O2. The van der Waals surface area contributed by atoms with Gasteiger partial charge in [0.25, 0.3) is 0 Å². The van der Waals surface area contributed by atoms with Crippen molar-refractivity contribution in [3.8, 4) is 5.75 Å². The van der Waals surface area contributed by atoms with Crippen LogP contribution in [-0.4, -0.2) is 31.6 Å². The predicted molar refractivity (Wildman–Crippen MR) is 76.5 cm³/mol. The zero-order valence-corrected chi connectivity index (χ0v) is 11.5. The van der Waals surface area contributed by atoms with Crippen molar-refractivity contribution in [3.63, 3.8) is 0 Å². The van der Waals surface area contributed by atoms with Gasteiger partial charge in [-0.15, -0.1) is 0 Å². The SMILES string of the molecule is CC(C)Oc1cc(N)cc(N2CCNC(=O)CC2)c1. The molecule has 1 aromatic rings. The van der Waals surface area contributed by atoms with Crippen LogP contribution >= 0.6 is 0 Å². The average molecular weight is 263 g/mol. The van der Waals surface area contributed by atoms with Crippen LogP contribution in [0.2, 0.25) is 0 Å². The average Bonchev–Trinajstić information content (AvgIpc) is 2.52. The van der Waals surface area contributed by atoms with Gasteiger partial charge in [0.05, 0.1) is 6.10 Å². The highest BCUT2D eigenvalue weighted by Crippen LogP contribution is 2.26. The van der Waals surface area contributed by atoms with Crippen molar-refractivity contribution in [3.05, 3.63) is 18.2 Å². The van der Waals surface area contributed by atoms with E-state index in [0.29, 0.717) is 25.2 Å². The van der Waals surface area contributed by atoms with Crippen molar-refractivity contribution in [1.82, 2.24) is 5.32 Å². The fourth-order valence-electron chi connectivity index (χ4n) is 2.15. The molecule has 1 aliphatic rings. The van der Waals surface area contributed by atoms with E-state index in [1.54, 1.807) is 0 Å². The lowest BCUT2D eigenvalue weighted by molar-refractivity contribution is -0.120. The highest BCUT2D eigenvalue weighted by atomic mass is 16.5. The highest BCUT2D eigenvalue weighted by Gasteiger charge is 2.15. The first-order valence-electron chi connectivity index (χ1n) is 6.63. The highest BCUT2D eigenvalue weighted by molar-refractivity contribution is 5.77. The molecule has 1 aliphatic heterocycles. The van der Waals surface area contributed by atoms with E-state index in [0.717, 1.165) is 18.0 Å². The van der Waals surface area contributed by atoms with Crippen LogP contribution in [0, 0.1) is 0 Å². The summed E-state index contributed by atoms with van der Waals surface area (Å²) in [6.07, 6.45) is 0.622. The summed E-state index contributed by atoms with van der Waals surface area (Å²) in [4.78, 5) is 13.5. The molecule has 1 heterocycles. The third-order valence-electron chi connectivity index (χ3n) is 2.96. The molecule has 2 rings (SSSR count). The number of nitrogens with two attached hydrogens (primary N) is 1. The maximum Gasteiger partial charge on any atom is 0.221 e. The largest absolute Gasteiger partial charge is 0.491 e. The maximum absolute atomic E-state index is 11.4. The van der Waals surface area contributed by atoms with E-state index in [2.05, 4.69) is 10.2 Å². The van der Waals surface area contributed by atoms with Gasteiger partial charge in [0.1, 0.15) is 5.75 Å². The molecular weight excluding hydrogens is 242 g/mol. The van der Waals surface area contributed by atoms with Crippen LogP contribution in [0.5, 0.6) is 5.75 Å². The van der Waals surface area contributed by atoms with Crippen LogP contribution in [-0.2, 0) is 4.79 Å². The molecule has 3 N–H and O–H groups in total. The second-order valence-electron chi connectivity index (χ2n) is 5.01. The Morgan fingerprint density at radius 3 is 2.84 bits per heavy atom. The smallest absolute Gasteiger partial charge is 0.221 e. The van der Waals surface area contributed by atoms with E-state index in [1.807, 2.05) is 32.0 Å². The molecule has 0 spiro atoms. The lowest BCUT2D eigenvalue weighted by Crippen LogP contribution is -2.28. The minimum Gasteiger partial charge on any atom is -0.491 e. The number of nitrogens with zero attached hydrogens (tertiary/aromatic N) is 1. The second kappa shape index (κ2) is 5.82. The van der Waals surface area contributed by atoms with E-state index < -0.39 is 0 Å². The van der Waals surface area contributed by atoms with E-state index >= 15 is 0 Å². The number of anilines is 2. The number of carbonyl (C=O) groups excluding carboxylic acids is 1. The van der Waals surface area contributed by atoms with Crippen LogP contribution in [0.25, 0.3) is 0 Å². The topological polar surface area (TPSA) is 67.6 Å². The summed E-state index contributed by atoms with van der Waals surface area (Å²) < 4.78 is 5.69. The molecule has 0 bridgehead atoms. The van der Waals surface area contributed by atoms with Gasteiger partial charge >= 0.3 is 0 Å². The molecule has 0 radical (unpaired) electrons. The lowest BCUT2D eigenvalue weighted by Gasteiger charge is -2.23. The molecule has 5 heteroatoms. The Balaban J connectivity index is 2.18. The number of rotatable bonds is 3. The first-order valence-corrected chi connectivity index (χ1v) is 6.63. The number of ether oxygens (including phenoxy) is 1. The number of nitrogen functional groups attached to an aromatic ring is 1. The summed E-state index contributed by atoms with van der Waals surface area (Å²) in [5.41, 5.74) is 7.60. The van der Waals surface area contributed by atoms with Crippen LogP contribution < -0.4 is 20.7 Å². The van der Waals surface area contributed by atoms with Gasteiger partial charge in [-0.05, 0) is 19.9 Å². The standard InChI is InChI=1S/C14H21N3O2/c1-10(2)19-13-8-11(15)7-12(9-13)17-5-3-14(18)16-4-6-17/h7-10H,3-6,15H2,1-2H3,(H,16,18). The maximum atomic E-state index is 11.4. The van der Waals surface area contributed by atoms with Crippen LogP contribution in [0.15, 0.2) is 18.2 Å².